The van der Waals surface area contributed by atoms with Crippen LogP contribution in [-0.2, 0) is 0 Å². The summed E-state index contributed by atoms with van der Waals surface area (Å²) in [6.07, 6.45) is 8.65. The molecule has 1 N–H and O–H groups in total. The van der Waals surface area contributed by atoms with Crippen LogP contribution in [-0.4, -0.2) is 66.9 Å². The first-order chi connectivity index (χ1) is 19.2. The number of hydrogen-bond donors (Lipinski definition) is 1. The zero-order valence-corrected chi connectivity index (χ0v) is 21.9. The Hall–Kier alpha value is -4.56. The first-order valence-corrected chi connectivity index (χ1v) is 13.4. The maximum atomic E-state index is 5.19. The quantitative estimate of drug-likeness (QED) is 0.350. The number of H-pyrrole nitrogens is 1. The maximum absolute atomic E-state index is 5.19. The first-order valence-electron chi connectivity index (χ1n) is 13.4. The van der Waals surface area contributed by atoms with E-state index in [1.54, 1.807) is 0 Å². The Bertz CT molecular complexity index is 1850. The molecule has 2 aliphatic heterocycles. The van der Waals surface area contributed by atoms with Gasteiger partial charge < -0.3 is 4.90 Å². The number of nitrogens with zero attached hydrogens (tertiary/aromatic N) is 7. The standard InChI is InChI=1S/C31H28N8/c1-19-14-21(38-18-22-15-23(38)17-37(22)2)6-7-24(19)28-10-13-33-31-29(25-4-3-5-27-26(25)16-34-35-27)30(36-39(28)31)20-8-11-32-12-9-20/h3-14,16,22-23H,15,17-18H2,1-2H3,(H,34,35)/t22-,23-/m0/s1. The number of aryl methyl sites for hydroxylation is 1. The molecule has 6 aromatic rings. The highest BCUT2D eigenvalue weighted by Gasteiger charge is 2.41. The molecule has 2 aliphatic rings. The van der Waals surface area contributed by atoms with Gasteiger partial charge in [0.15, 0.2) is 5.65 Å². The van der Waals surface area contributed by atoms with Crippen molar-refractivity contribution in [2.75, 3.05) is 25.0 Å². The van der Waals surface area contributed by atoms with E-state index in [-0.39, 0.29) is 0 Å². The molecule has 0 radical (unpaired) electrons. The number of benzene rings is 2. The first kappa shape index (κ1) is 22.4. The minimum absolute atomic E-state index is 0.611. The van der Waals surface area contributed by atoms with Crippen LogP contribution in [0.2, 0.25) is 0 Å². The topological polar surface area (TPSA) is 78.2 Å². The molecule has 0 unspecified atom stereocenters. The van der Waals surface area contributed by atoms with Crippen LogP contribution in [0.4, 0.5) is 5.69 Å². The molecule has 2 saturated heterocycles. The molecule has 8 nitrogen and oxygen atoms in total. The zero-order chi connectivity index (χ0) is 26.1. The maximum Gasteiger partial charge on any atom is 0.164 e. The van der Waals surface area contributed by atoms with Crippen molar-refractivity contribution in [2.45, 2.75) is 25.4 Å². The van der Waals surface area contributed by atoms with Gasteiger partial charge in [-0.1, -0.05) is 18.2 Å². The SMILES string of the molecule is Cc1cc(N2C[C@@H]3C[C@H]2CN3C)ccc1-c1ccnc2c(-c3cccc4[nH]ncc34)c(-c3ccncc3)nn12. The molecule has 8 heteroatoms. The van der Waals surface area contributed by atoms with Crippen molar-refractivity contribution in [3.05, 3.63) is 84.9 Å². The van der Waals surface area contributed by atoms with Crippen molar-refractivity contribution < 1.29 is 0 Å². The van der Waals surface area contributed by atoms with E-state index in [1.807, 2.05) is 53.6 Å². The predicted molar refractivity (Wildman–Crippen MR) is 154 cm³/mol. The average molecular weight is 513 g/mol. The lowest BCUT2D eigenvalue weighted by Crippen LogP contribution is -2.44. The predicted octanol–water partition coefficient (Wildman–Crippen LogP) is 5.20. The Labute approximate surface area is 225 Å². The second-order valence-electron chi connectivity index (χ2n) is 10.8. The number of pyridine rings is 1. The molecule has 4 aromatic heterocycles. The van der Waals surface area contributed by atoms with E-state index < -0.39 is 0 Å². The van der Waals surface area contributed by atoms with Gasteiger partial charge in [-0.15, -0.1) is 0 Å². The summed E-state index contributed by atoms with van der Waals surface area (Å²) in [7, 11) is 2.25. The van der Waals surface area contributed by atoms with Crippen molar-refractivity contribution in [1.82, 2.24) is 34.7 Å². The minimum Gasteiger partial charge on any atom is -0.366 e. The van der Waals surface area contributed by atoms with Crippen LogP contribution >= 0.6 is 0 Å². The van der Waals surface area contributed by atoms with E-state index in [1.165, 1.54) is 17.7 Å². The summed E-state index contributed by atoms with van der Waals surface area (Å²) in [5.74, 6) is 0. The van der Waals surface area contributed by atoms with E-state index in [4.69, 9.17) is 10.1 Å². The Balaban J connectivity index is 1.30. The van der Waals surface area contributed by atoms with Crippen LogP contribution in [0.5, 0.6) is 0 Å². The molecule has 0 amide bonds. The average Bonchev–Trinajstić information content (AvgIpc) is 3.75. The Morgan fingerprint density at radius 3 is 2.62 bits per heavy atom. The zero-order valence-electron chi connectivity index (χ0n) is 21.9. The number of likely N-dealkylation sites (N-methyl/N-ethyl adjacent to an activating group) is 1. The minimum atomic E-state index is 0.611. The van der Waals surface area contributed by atoms with Gasteiger partial charge in [-0.2, -0.15) is 10.2 Å². The van der Waals surface area contributed by atoms with Crippen LogP contribution in [0, 0.1) is 6.92 Å². The molecular formula is C31H28N8. The van der Waals surface area contributed by atoms with Gasteiger partial charge in [0.25, 0.3) is 0 Å². The van der Waals surface area contributed by atoms with Crippen molar-refractivity contribution in [3.8, 4) is 33.6 Å². The molecule has 8 rings (SSSR count). The second-order valence-corrected chi connectivity index (χ2v) is 10.8. The monoisotopic (exact) mass is 512 g/mol. The molecule has 0 spiro atoms. The number of rotatable bonds is 4. The number of anilines is 1. The van der Waals surface area contributed by atoms with Gasteiger partial charge in [-0.3, -0.25) is 15.0 Å². The van der Waals surface area contributed by atoms with Crippen LogP contribution in [0.15, 0.2) is 79.4 Å². The van der Waals surface area contributed by atoms with Crippen molar-refractivity contribution in [3.63, 3.8) is 0 Å². The molecule has 2 fully saturated rings. The smallest absolute Gasteiger partial charge is 0.164 e. The third-order valence-corrected chi connectivity index (χ3v) is 8.56. The van der Waals surface area contributed by atoms with Gasteiger partial charge in [0, 0.05) is 66.0 Å². The summed E-state index contributed by atoms with van der Waals surface area (Å²) in [6.45, 7) is 4.45. The number of piperazine rings is 1. The number of fused-ring (bicyclic) bond motifs is 4. The van der Waals surface area contributed by atoms with Gasteiger partial charge in [0.2, 0.25) is 0 Å². The van der Waals surface area contributed by atoms with E-state index in [9.17, 15) is 0 Å². The summed E-state index contributed by atoms with van der Waals surface area (Å²) in [5, 5.41) is 13.6. The third-order valence-electron chi connectivity index (χ3n) is 8.56. The van der Waals surface area contributed by atoms with Crippen LogP contribution < -0.4 is 4.90 Å². The van der Waals surface area contributed by atoms with Gasteiger partial charge >= 0.3 is 0 Å². The summed E-state index contributed by atoms with van der Waals surface area (Å²) in [5.41, 5.74) is 10.4. The van der Waals surface area contributed by atoms with Crippen LogP contribution in [0.25, 0.3) is 50.2 Å². The molecule has 6 heterocycles. The molecule has 0 aliphatic carbocycles. The number of hydrogen-bond acceptors (Lipinski definition) is 6. The third kappa shape index (κ3) is 3.41. The van der Waals surface area contributed by atoms with Crippen molar-refractivity contribution in [1.29, 1.82) is 0 Å². The van der Waals surface area contributed by atoms with E-state index in [2.05, 4.69) is 69.3 Å². The van der Waals surface area contributed by atoms with E-state index >= 15 is 0 Å². The summed E-state index contributed by atoms with van der Waals surface area (Å²) in [6, 6.07) is 20.4. The Morgan fingerprint density at radius 2 is 1.82 bits per heavy atom. The van der Waals surface area contributed by atoms with Crippen molar-refractivity contribution >= 4 is 22.2 Å². The highest BCUT2D eigenvalue weighted by Crippen LogP contribution is 2.40. The summed E-state index contributed by atoms with van der Waals surface area (Å²) >= 11 is 0. The Morgan fingerprint density at radius 1 is 0.923 bits per heavy atom. The van der Waals surface area contributed by atoms with Gasteiger partial charge in [-0.05, 0) is 67.9 Å². The molecule has 2 atom stereocenters. The molecule has 0 saturated carbocycles. The largest absolute Gasteiger partial charge is 0.366 e. The molecular weight excluding hydrogens is 484 g/mol. The van der Waals surface area contributed by atoms with Gasteiger partial charge in [0.05, 0.1) is 23.0 Å². The number of nitrogens with one attached hydrogen (secondary N) is 1. The molecule has 39 heavy (non-hydrogen) atoms. The van der Waals surface area contributed by atoms with Gasteiger partial charge in [0.1, 0.15) is 5.69 Å². The van der Waals surface area contributed by atoms with Crippen molar-refractivity contribution in [2.24, 2.45) is 0 Å². The van der Waals surface area contributed by atoms with Crippen LogP contribution in [0.1, 0.15) is 12.0 Å². The number of likely N-dealkylation sites (tertiary alicyclic amines) is 1. The lowest BCUT2D eigenvalue weighted by atomic mass is 9.99. The lowest BCUT2D eigenvalue weighted by molar-refractivity contribution is 0.292. The lowest BCUT2D eigenvalue weighted by Gasteiger charge is -2.34. The summed E-state index contributed by atoms with van der Waals surface area (Å²) in [4.78, 5) is 14.2. The Kier molecular flexibility index (Phi) is 4.87. The second kappa shape index (κ2) is 8.47. The molecule has 2 bridgehead atoms. The van der Waals surface area contributed by atoms with E-state index in [0.29, 0.717) is 12.1 Å². The van der Waals surface area contributed by atoms with E-state index in [0.717, 1.165) is 63.3 Å². The molecule has 192 valence electrons. The van der Waals surface area contributed by atoms with Gasteiger partial charge in [-0.25, -0.2) is 9.50 Å². The molecule has 2 aromatic carbocycles. The fraction of sp³-hybridized carbons (Fsp3) is 0.226. The normalized spacial score (nSPS) is 19.1. The van der Waals surface area contributed by atoms with Crippen LogP contribution in [0.3, 0.4) is 0 Å². The highest BCUT2D eigenvalue weighted by molar-refractivity contribution is 6.02. The number of aromatic amines is 1. The highest BCUT2D eigenvalue weighted by atomic mass is 15.3. The fourth-order valence-electron chi connectivity index (χ4n) is 6.59. The number of aromatic nitrogens is 6. The summed E-state index contributed by atoms with van der Waals surface area (Å²) < 4.78 is 2.00. The fourth-order valence-corrected chi connectivity index (χ4v) is 6.59.